The third-order valence-corrected chi connectivity index (χ3v) is 0.925. The summed E-state index contributed by atoms with van der Waals surface area (Å²) in [7, 11) is 0. The molecule has 0 unspecified atom stereocenters. The van der Waals surface area contributed by atoms with Crippen molar-refractivity contribution in [3.05, 3.63) is 0 Å². The summed E-state index contributed by atoms with van der Waals surface area (Å²) in [6.45, 7) is 1.76. The predicted molar refractivity (Wildman–Crippen MR) is 34.8 cm³/mol. The Morgan fingerprint density at radius 1 is 1.44 bits per heavy atom. The Bertz CT molecular complexity index is 87.5. The number of hydrogen-bond acceptors (Lipinski definition) is 3. The van der Waals surface area contributed by atoms with Crippen molar-refractivity contribution in [2.45, 2.75) is 12.8 Å². The van der Waals surface area contributed by atoms with E-state index in [4.69, 9.17) is 10.4 Å². The van der Waals surface area contributed by atoms with Gasteiger partial charge in [0.2, 0.25) is 0 Å². The van der Waals surface area contributed by atoms with Crippen molar-refractivity contribution in [2.75, 3.05) is 19.7 Å². The molecule has 0 aliphatic carbocycles. The third-order valence-electron chi connectivity index (χ3n) is 0.925. The van der Waals surface area contributed by atoms with Gasteiger partial charge in [-0.3, -0.25) is 0 Å². The van der Waals surface area contributed by atoms with E-state index < -0.39 is 0 Å². The first-order valence-corrected chi connectivity index (χ1v) is 3.10. The zero-order valence-electron chi connectivity index (χ0n) is 5.43. The standard InChI is InChI=1S/C6H12N2O/c7-3-1-4-8-5-2-6-9/h8-9H,1-2,4-6H2. The summed E-state index contributed by atoms with van der Waals surface area (Å²) in [5.74, 6) is 0. The molecular formula is C6H12N2O. The van der Waals surface area contributed by atoms with E-state index in [1.807, 2.05) is 6.07 Å². The topological polar surface area (TPSA) is 56.0 Å². The van der Waals surface area contributed by atoms with Gasteiger partial charge in [0.05, 0.1) is 6.07 Å². The zero-order chi connectivity index (χ0) is 6.95. The van der Waals surface area contributed by atoms with E-state index >= 15 is 0 Å². The fourth-order valence-corrected chi connectivity index (χ4v) is 0.473. The van der Waals surface area contributed by atoms with Crippen molar-refractivity contribution in [1.29, 1.82) is 5.26 Å². The normalized spacial score (nSPS) is 8.89. The molecule has 0 saturated carbocycles. The molecule has 0 heterocycles. The van der Waals surface area contributed by atoms with Crippen LogP contribution in [0.3, 0.4) is 0 Å². The van der Waals surface area contributed by atoms with Crippen LogP contribution in [0.1, 0.15) is 12.8 Å². The van der Waals surface area contributed by atoms with Crippen LogP contribution in [0.15, 0.2) is 0 Å². The van der Waals surface area contributed by atoms with Gasteiger partial charge in [-0.15, -0.1) is 0 Å². The molecule has 9 heavy (non-hydrogen) atoms. The molecule has 0 aliphatic heterocycles. The highest BCUT2D eigenvalue weighted by atomic mass is 16.3. The fourth-order valence-electron chi connectivity index (χ4n) is 0.473. The molecule has 0 fully saturated rings. The van der Waals surface area contributed by atoms with Crippen LogP contribution in [-0.4, -0.2) is 24.8 Å². The van der Waals surface area contributed by atoms with E-state index in [0.717, 1.165) is 19.5 Å². The summed E-state index contributed by atoms with van der Waals surface area (Å²) < 4.78 is 0. The zero-order valence-corrected chi connectivity index (χ0v) is 5.43. The lowest BCUT2D eigenvalue weighted by atomic mass is 10.4. The molecule has 2 N–H and O–H groups in total. The number of hydrogen-bond donors (Lipinski definition) is 2. The summed E-state index contributed by atoms with van der Waals surface area (Å²) >= 11 is 0. The molecule has 0 saturated heterocycles. The van der Waals surface area contributed by atoms with Gasteiger partial charge in [0.1, 0.15) is 0 Å². The first kappa shape index (κ1) is 8.41. The molecule has 52 valence electrons. The van der Waals surface area contributed by atoms with E-state index in [2.05, 4.69) is 5.32 Å². The van der Waals surface area contributed by atoms with E-state index in [0.29, 0.717) is 6.42 Å². The van der Waals surface area contributed by atoms with Crippen LogP contribution < -0.4 is 5.32 Å². The largest absolute Gasteiger partial charge is 0.396 e. The lowest BCUT2D eigenvalue weighted by Gasteiger charge is -1.96. The van der Waals surface area contributed by atoms with E-state index in [-0.39, 0.29) is 6.61 Å². The molecule has 0 amide bonds. The molecule has 0 aliphatic rings. The number of aliphatic hydroxyl groups excluding tert-OH is 1. The van der Waals surface area contributed by atoms with Crippen molar-refractivity contribution < 1.29 is 5.11 Å². The maximum atomic E-state index is 8.32. The Labute approximate surface area is 55.3 Å². The predicted octanol–water partition coefficient (Wildman–Crippen LogP) is -0.128. The van der Waals surface area contributed by atoms with Gasteiger partial charge < -0.3 is 10.4 Å². The molecule has 0 spiro atoms. The Kier molecular flexibility index (Phi) is 6.92. The number of nitrogens with one attached hydrogen (secondary N) is 1. The SMILES string of the molecule is N#CCCNCCCO. The van der Waals surface area contributed by atoms with Crippen LogP contribution in [-0.2, 0) is 0 Å². The molecule has 3 heteroatoms. The summed E-state index contributed by atoms with van der Waals surface area (Å²) in [4.78, 5) is 0. The second-order valence-electron chi connectivity index (χ2n) is 1.74. The number of nitrogens with zero attached hydrogens (tertiary/aromatic N) is 1. The summed E-state index contributed by atoms with van der Waals surface area (Å²) in [5.41, 5.74) is 0. The van der Waals surface area contributed by atoms with Crippen LogP contribution in [0, 0.1) is 11.3 Å². The third kappa shape index (κ3) is 7.41. The highest BCUT2D eigenvalue weighted by Crippen LogP contribution is 1.73. The van der Waals surface area contributed by atoms with Gasteiger partial charge in [-0.05, 0) is 13.0 Å². The Morgan fingerprint density at radius 2 is 2.22 bits per heavy atom. The van der Waals surface area contributed by atoms with Gasteiger partial charge in [-0.1, -0.05) is 0 Å². The maximum Gasteiger partial charge on any atom is 0.0635 e. The van der Waals surface area contributed by atoms with Crippen molar-refractivity contribution >= 4 is 0 Å². The maximum absolute atomic E-state index is 8.32. The van der Waals surface area contributed by atoms with E-state index in [9.17, 15) is 0 Å². The summed E-state index contributed by atoms with van der Waals surface area (Å²) in [6.07, 6.45) is 1.32. The Balaban J connectivity index is 2.69. The van der Waals surface area contributed by atoms with E-state index in [1.165, 1.54) is 0 Å². The van der Waals surface area contributed by atoms with Crippen molar-refractivity contribution in [2.24, 2.45) is 0 Å². The summed E-state index contributed by atoms with van der Waals surface area (Å²) in [6, 6.07) is 2.02. The fraction of sp³-hybridized carbons (Fsp3) is 0.833. The molecule has 0 atom stereocenters. The minimum atomic E-state index is 0.222. The first-order valence-electron chi connectivity index (χ1n) is 3.10. The van der Waals surface area contributed by atoms with Crippen molar-refractivity contribution in [3.8, 4) is 6.07 Å². The highest BCUT2D eigenvalue weighted by Gasteiger charge is 1.83. The quantitative estimate of drug-likeness (QED) is 0.507. The molecule has 0 aromatic heterocycles. The Hall–Kier alpha value is -0.590. The molecule has 0 rings (SSSR count). The van der Waals surface area contributed by atoms with Crippen LogP contribution in [0.5, 0.6) is 0 Å². The molecule has 0 aromatic carbocycles. The first-order chi connectivity index (χ1) is 4.41. The summed E-state index contributed by atoms with van der Waals surface area (Å²) in [5, 5.41) is 19.4. The number of aliphatic hydroxyl groups is 1. The van der Waals surface area contributed by atoms with Crippen LogP contribution in [0.2, 0.25) is 0 Å². The van der Waals surface area contributed by atoms with Crippen LogP contribution in [0.4, 0.5) is 0 Å². The second kappa shape index (κ2) is 7.41. The van der Waals surface area contributed by atoms with Gasteiger partial charge in [0, 0.05) is 19.6 Å². The monoisotopic (exact) mass is 128 g/mol. The van der Waals surface area contributed by atoms with Gasteiger partial charge in [-0.2, -0.15) is 5.26 Å². The minimum Gasteiger partial charge on any atom is -0.396 e. The van der Waals surface area contributed by atoms with Crippen molar-refractivity contribution in [3.63, 3.8) is 0 Å². The smallest absolute Gasteiger partial charge is 0.0635 e. The minimum absolute atomic E-state index is 0.222. The van der Waals surface area contributed by atoms with Gasteiger partial charge >= 0.3 is 0 Å². The molecular weight excluding hydrogens is 116 g/mol. The second-order valence-corrected chi connectivity index (χ2v) is 1.74. The average Bonchev–Trinajstić information content (AvgIpc) is 1.89. The highest BCUT2D eigenvalue weighted by molar-refractivity contribution is 4.69. The molecule has 0 aromatic rings. The Morgan fingerprint density at radius 3 is 2.78 bits per heavy atom. The average molecular weight is 128 g/mol. The van der Waals surface area contributed by atoms with Crippen molar-refractivity contribution in [1.82, 2.24) is 5.32 Å². The van der Waals surface area contributed by atoms with Gasteiger partial charge in [-0.25, -0.2) is 0 Å². The van der Waals surface area contributed by atoms with E-state index in [1.54, 1.807) is 0 Å². The number of rotatable bonds is 5. The van der Waals surface area contributed by atoms with Gasteiger partial charge in [0.25, 0.3) is 0 Å². The molecule has 0 radical (unpaired) electrons. The van der Waals surface area contributed by atoms with Gasteiger partial charge in [0.15, 0.2) is 0 Å². The number of nitriles is 1. The lowest BCUT2D eigenvalue weighted by Crippen LogP contribution is -2.16. The molecule has 0 bridgehead atoms. The van der Waals surface area contributed by atoms with Crippen LogP contribution in [0.25, 0.3) is 0 Å². The van der Waals surface area contributed by atoms with Crippen LogP contribution >= 0.6 is 0 Å². The molecule has 3 nitrogen and oxygen atoms in total. The lowest BCUT2D eigenvalue weighted by molar-refractivity contribution is 0.286.